The molecule has 0 N–H and O–H groups in total. The minimum atomic E-state index is 0.171. The lowest BCUT2D eigenvalue weighted by Crippen LogP contribution is -2.24. The maximum Gasteiger partial charge on any atom is 0.227 e. The van der Waals surface area contributed by atoms with E-state index in [9.17, 15) is 4.79 Å². The van der Waals surface area contributed by atoms with Gasteiger partial charge in [-0.3, -0.25) is 4.79 Å². The summed E-state index contributed by atoms with van der Waals surface area (Å²) in [5, 5.41) is 2.20. The van der Waals surface area contributed by atoms with Crippen LogP contribution in [0.15, 0.2) is 46.9 Å². The normalized spacial score (nSPS) is 19.0. The van der Waals surface area contributed by atoms with Crippen molar-refractivity contribution < 1.29 is 9.21 Å². The average Bonchev–Trinajstić information content (AvgIpc) is 3.06. The van der Waals surface area contributed by atoms with Crippen LogP contribution in [-0.4, -0.2) is 18.2 Å². The Kier molecular flexibility index (Phi) is 2.93. The number of anilines is 1. The standard InChI is InChI=1S/C17H15NO2S/c19-17-7-11(10-21)9-18(17)12-5-6-14-13-3-1-2-4-15(13)20-16(14)8-12/h1-6,8,11,21H,7,9-10H2. The fraction of sp³-hybridized carbons (Fsp3) is 0.235. The molecule has 4 rings (SSSR count). The van der Waals surface area contributed by atoms with E-state index in [1.165, 1.54) is 0 Å². The summed E-state index contributed by atoms with van der Waals surface area (Å²) in [5.41, 5.74) is 2.62. The Morgan fingerprint density at radius 1 is 1.14 bits per heavy atom. The summed E-state index contributed by atoms with van der Waals surface area (Å²) in [6, 6.07) is 14.0. The van der Waals surface area contributed by atoms with Gasteiger partial charge in [0.25, 0.3) is 0 Å². The molecule has 0 radical (unpaired) electrons. The van der Waals surface area contributed by atoms with Crippen molar-refractivity contribution in [2.45, 2.75) is 6.42 Å². The highest BCUT2D eigenvalue weighted by atomic mass is 32.1. The summed E-state index contributed by atoms with van der Waals surface area (Å²) < 4.78 is 5.89. The van der Waals surface area contributed by atoms with E-state index in [2.05, 4.69) is 18.7 Å². The SMILES string of the molecule is O=C1CC(CS)CN1c1ccc2c(c1)oc1ccccc12. The number of rotatable bonds is 2. The lowest BCUT2D eigenvalue weighted by Gasteiger charge is -2.16. The van der Waals surface area contributed by atoms with Crippen LogP contribution in [0, 0.1) is 5.92 Å². The number of thiol groups is 1. The van der Waals surface area contributed by atoms with E-state index in [4.69, 9.17) is 4.42 Å². The fourth-order valence-corrected chi connectivity index (χ4v) is 3.28. The lowest BCUT2D eigenvalue weighted by molar-refractivity contribution is -0.117. The van der Waals surface area contributed by atoms with Gasteiger partial charge in [-0.2, -0.15) is 12.6 Å². The molecule has 0 bridgehead atoms. The van der Waals surface area contributed by atoms with E-state index < -0.39 is 0 Å². The highest BCUT2D eigenvalue weighted by Crippen LogP contribution is 2.33. The zero-order valence-corrected chi connectivity index (χ0v) is 12.3. The number of amides is 1. The number of hydrogen-bond acceptors (Lipinski definition) is 3. The topological polar surface area (TPSA) is 33.5 Å². The molecule has 1 amide bonds. The monoisotopic (exact) mass is 297 g/mol. The molecule has 1 aliphatic rings. The second-order valence-corrected chi connectivity index (χ2v) is 5.90. The molecule has 1 saturated heterocycles. The molecule has 1 fully saturated rings. The van der Waals surface area contributed by atoms with Gasteiger partial charge >= 0.3 is 0 Å². The predicted molar refractivity (Wildman–Crippen MR) is 88.0 cm³/mol. The number of hydrogen-bond donors (Lipinski definition) is 1. The first-order chi connectivity index (χ1) is 10.3. The number of carbonyl (C=O) groups excluding carboxylic acids is 1. The molecule has 1 aromatic heterocycles. The number of carbonyl (C=O) groups is 1. The molecular weight excluding hydrogens is 282 g/mol. The molecule has 3 nitrogen and oxygen atoms in total. The second kappa shape index (κ2) is 4.81. The van der Waals surface area contributed by atoms with Crippen molar-refractivity contribution in [2.75, 3.05) is 17.2 Å². The van der Waals surface area contributed by atoms with Crippen molar-refractivity contribution in [3.63, 3.8) is 0 Å². The maximum atomic E-state index is 12.1. The summed E-state index contributed by atoms with van der Waals surface area (Å²) in [4.78, 5) is 14.0. The smallest absolute Gasteiger partial charge is 0.227 e. The van der Waals surface area contributed by atoms with Crippen LogP contribution in [0.25, 0.3) is 21.9 Å². The first-order valence-electron chi connectivity index (χ1n) is 7.09. The minimum absolute atomic E-state index is 0.171. The summed E-state index contributed by atoms with van der Waals surface area (Å²) in [7, 11) is 0. The van der Waals surface area contributed by atoms with Gasteiger partial charge in [0.2, 0.25) is 5.91 Å². The molecule has 3 aromatic rings. The summed E-state index contributed by atoms with van der Waals surface area (Å²) in [6.45, 7) is 0.744. The number of benzene rings is 2. The molecule has 1 unspecified atom stereocenters. The van der Waals surface area contributed by atoms with Gasteiger partial charge in [-0.25, -0.2) is 0 Å². The molecule has 106 valence electrons. The molecule has 0 spiro atoms. The van der Waals surface area contributed by atoms with Gasteiger partial charge in [0, 0.05) is 35.5 Å². The zero-order valence-electron chi connectivity index (χ0n) is 11.5. The van der Waals surface area contributed by atoms with Crippen LogP contribution in [0.1, 0.15) is 6.42 Å². The van der Waals surface area contributed by atoms with E-state index in [0.717, 1.165) is 39.9 Å². The Bertz CT molecular complexity index is 839. The Labute approximate surface area is 127 Å². The fourth-order valence-electron chi connectivity index (χ4n) is 3.04. The van der Waals surface area contributed by atoms with E-state index in [-0.39, 0.29) is 5.91 Å². The summed E-state index contributed by atoms with van der Waals surface area (Å²) in [5.74, 6) is 1.26. The molecule has 2 heterocycles. The first kappa shape index (κ1) is 12.8. The van der Waals surface area contributed by atoms with Crippen molar-refractivity contribution in [2.24, 2.45) is 5.92 Å². The number of furan rings is 1. The highest BCUT2D eigenvalue weighted by molar-refractivity contribution is 7.80. The van der Waals surface area contributed by atoms with Gasteiger partial charge in [0.1, 0.15) is 11.2 Å². The van der Waals surface area contributed by atoms with Crippen LogP contribution >= 0.6 is 12.6 Å². The van der Waals surface area contributed by atoms with Crippen molar-refractivity contribution in [1.29, 1.82) is 0 Å². The molecule has 4 heteroatoms. The van der Waals surface area contributed by atoms with E-state index in [1.807, 2.05) is 41.3 Å². The molecule has 0 saturated carbocycles. The minimum Gasteiger partial charge on any atom is -0.456 e. The second-order valence-electron chi connectivity index (χ2n) is 5.54. The molecule has 0 aliphatic carbocycles. The van der Waals surface area contributed by atoms with E-state index >= 15 is 0 Å². The van der Waals surface area contributed by atoms with E-state index in [0.29, 0.717) is 12.3 Å². The number of fused-ring (bicyclic) bond motifs is 3. The van der Waals surface area contributed by atoms with Crippen LogP contribution in [0.2, 0.25) is 0 Å². The van der Waals surface area contributed by atoms with Crippen molar-refractivity contribution in [1.82, 2.24) is 0 Å². The van der Waals surface area contributed by atoms with Crippen molar-refractivity contribution in [3.8, 4) is 0 Å². The number of nitrogens with zero attached hydrogens (tertiary/aromatic N) is 1. The summed E-state index contributed by atoms with van der Waals surface area (Å²) >= 11 is 4.30. The largest absolute Gasteiger partial charge is 0.456 e. The molecule has 1 atom stereocenters. The molecular formula is C17H15NO2S. The van der Waals surface area contributed by atoms with Gasteiger partial charge in [0.05, 0.1) is 0 Å². The Hall–Kier alpha value is -1.94. The van der Waals surface area contributed by atoms with Crippen molar-refractivity contribution >= 4 is 46.2 Å². The third-order valence-electron chi connectivity index (χ3n) is 4.14. The van der Waals surface area contributed by atoms with Gasteiger partial charge < -0.3 is 9.32 Å². The van der Waals surface area contributed by atoms with Crippen LogP contribution < -0.4 is 4.90 Å². The van der Waals surface area contributed by atoms with Gasteiger partial charge in [-0.1, -0.05) is 18.2 Å². The quantitative estimate of drug-likeness (QED) is 0.728. The molecule has 21 heavy (non-hydrogen) atoms. The molecule has 2 aromatic carbocycles. The Balaban J connectivity index is 1.80. The Morgan fingerprint density at radius 2 is 1.95 bits per heavy atom. The summed E-state index contributed by atoms with van der Waals surface area (Å²) in [6.07, 6.45) is 0.585. The van der Waals surface area contributed by atoms with Gasteiger partial charge in [-0.05, 0) is 29.9 Å². The average molecular weight is 297 g/mol. The van der Waals surface area contributed by atoms with Crippen molar-refractivity contribution in [3.05, 3.63) is 42.5 Å². The van der Waals surface area contributed by atoms with Gasteiger partial charge in [-0.15, -0.1) is 0 Å². The van der Waals surface area contributed by atoms with Crippen LogP contribution in [0.3, 0.4) is 0 Å². The van der Waals surface area contributed by atoms with Crippen LogP contribution in [0.5, 0.6) is 0 Å². The third kappa shape index (κ3) is 2.02. The number of para-hydroxylation sites is 1. The molecule has 1 aliphatic heterocycles. The lowest BCUT2D eigenvalue weighted by atomic mass is 10.1. The first-order valence-corrected chi connectivity index (χ1v) is 7.72. The highest BCUT2D eigenvalue weighted by Gasteiger charge is 2.29. The predicted octanol–water partition coefficient (Wildman–Crippen LogP) is 3.87. The third-order valence-corrected chi connectivity index (χ3v) is 4.65. The maximum absolute atomic E-state index is 12.1. The van der Waals surface area contributed by atoms with Gasteiger partial charge in [0.15, 0.2) is 0 Å². The van der Waals surface area contributed by atoms with Crippen LogP contribution in [0.4, 0.5) is 5.69 Å². The Morgan fingerprint density at radius 3 is 2.76 bits per heavy atom. The van der Waals surface area contributed by atoms with Crippen LogP contribution in [-0.2, 0) is 4.79 Å². The van der Waals surface area contributed by atoms with E-state index in [1.54, 1.807) is 0 Å². The zero-order chi connectivity index (χ0) is 14.4.